The minimum Gasteiger partial charge on any atom is -0.490 e. The largest absolute Gasteiger partial charge is 0.490 e. The van der Waals surface area contributed by atoms with Crippen molar-refractivity contribution in [2.45, 2.75) is 38.7 Å². The van der Waals surface area contributed by atoms with Gasteiger partial charge in [0.15, 0.2) is 0 Å². The van der Waals surface area contributed by atoms with Gasteiger partial charge in [-0.25, -0.2) is 0 Å². The van der Waals surface area contributed by atoms with Crippen molar-refractivity contribution in [2.75, 3.05) is 0 Å². The molecule has 22 heavy (non-hydrogen) atoms. The second kappa shape index (κ2) is 6.78. The molecule has 1 aliphatic carbocycles. The summed E-state index contributed by atoms with van der Waals surface area (Å²) in [7, 11) is 0. The van der Waals surface area contributed by atoms with Crippen LogP contribution in [0.25, 0.3) is 11.1 Å². The van der Waals surface area contributed by atoms with Crippen LogP contribution in [-0.2, 0) is 0 Å². The van der Waals surface area contributed by atoms with Crippen LogP contribution in [0, 0.1) is 5.92 Å². The Morgan fingerprint density at radius 1 is 0.864 bits per heavy atom. The van der Waals surface area contributed by atoms with Crippen LogP contribution in [0.15, 0.2) is 48.5 Å². The molecule has 0 amide bonds. The van der Waals surface area contributed by atoms with Gasteiger partial charge in [-0.3, -0.25) is 4.79 Å². The highest BCUT2D eigenvalue weighted by atomic mass is 16.5. The Bertz CT molecular complexity index is 605. The van der Waals surface area contributed by atoms with E-state index in [0.717, 1.165) is 41.9 Å². The van der Waals surface area contributed by atoms with Gasteiger partial charge in [0.2, 0.25) is 0 Å². The zero-order valence-electron chi connectivity index (χ0n) is 13.0. The number of carbonyl (C=O) groups is 1. The van der Waals surface area contributed by atoms with Crippen LogP contribution in [0.5, 0.6) is 5.75 Å². The Labute approximate surface area is 132 Å². The van der Waals surface area contributed by atoms with Crippen molar-refractivity contribution < 1.29 is 9.53 Å². The molecule has 2 aromatic carbocycles. The van der Waals surface area contributed by atoms with Gasteiger partial charge >= 0.3 is 0 Å². The molecule has 114 valence electrons. The van der Waals surface area contributed by atoms with Crippen molar-refractivity contribution in [1.29, 1.82) is 0 Å². The molecule has 2 aromatic rings. The maximum absolute atomic E-state index is 10.7. The molecule has 2 heteroatoms. The molecule has 1 fully saturated rings. The van der Waals surface area contributed by atoms with Crippen molar-refractivity contribution in [3.63, 3.8) is 0 Å². The van der Waals surface area contributed by atoms with E-state index in [4.69, 9.17) is 4.74 Å². The molecule has 0 saturated heterocycles. The summed E-state index contributed by atoms with van der Waals surface area (Å²) in [6, 6.07) is 15.9. The molecular formula is C20H22O2. The van der Waals surface area contributed by atoms with E-state index in [9.17, 15) is 4.79 Å². The highest BCUT2D eigenvalue weighted by Crippen LogP contribution is 2.28. The van der Waals surface area contributed by atoms with E-state index in [-0.39, 0.29) is 0 Å². The fraction of sp³-hybridized carbons (Fsp3) is 0.350. The molecule has 0 atom stereocenters. The van der Waals surface area contributed by atoms with Crippen LogP contribution >= 0.6 is 0 Å². The van der Waals surface area contributed by atoms with Gasteiger partial charge in [-0.15, -0.1) is 0 Å². The highest BCUT2D eigenvalue weighted by Gasteiger charge is 2.19. The summed E-state index contributed by atoms with van der Waals surface area (Å²) in [6.45, 7) is 2.32. The van der Waals surface area contributed by atoms with Gasteiger partial charge < -0.3 is 4.74 Å². The topological polar surface area (TPSA) is 26.3 Å². The molecule has 1 aliphatic rings. The third-order valence-corrected chi connectivity index (χ3v) is 4.50. The van der Waals surface area contributed by atoms with Gasteiger partial charge in [0.25, 0.3) is 0 Å². The fourth-order valence-electron chi connectivity index (χ4n) is 3.02. The number of rotatable bonds is 4. The standard InChI is InChI=1S/C20H22O2/c1-15-2-10-19(11-3-15)22-20-12-8-18(9-13-20)17-6-4-16(14-21)5-7-17/h4-9,12-15,19H,2-3,10-11H2,1H3. The van der Waals surface area contributed by atoms with Gasteiger partial charge in [0, 0.05) is 5.56 Å². The lowest BCUT2D eigenvalue weighted by molar-refractivity contribution is 0.112. The van der Waals surface area contributed by atoms with Gasteiger partial charge in [0.05, 0.1) is 6.10 Å². The first-order valence-electron chi connectivity index (χ1n) is 8.07. The monoisotopic (exact) mass is 294 g/mol. The summed E-state index contributed by atoms with van der Waals surface area (Å²) in [4.78, 5) is 10.7. The van der Waals surface area contributed by atoms with Crippen LogP contribution in [-0.4, -0.2) is 12.4 Å². The van der Waals surface area contributed by atoms with Crippen LogP contribution in [0.1, 0.15) is 43.0 Å². The van der Waals surface area contributed by atoms with E-state index in [1.807, 2.05) is 36.4 Å². The molecular weight excluding hydrogens is 272 g/mol. The number of hydrogen-bond acceptors (Lipinski definition) is 2. The molecule has 3 rings (SSSR count). The van der Waals surface area contributed by atoms with E-state index >= 15 is 0 Å². The van der Waals surface area contributed by atoms with Crippen LogP contribution in [0.2, 0.25) is 0 Å². The predicted molar refractivity (Wildman–Crippen MR) is 89.3 cm³/mol. The Balaban J connectivity index is 1.65. The second-order valence-electron chi connectivity index (χ2n) is 6.26. The van der Waals surface area contributed by atoms with Crippen molar-refractivity contribution in [3.8, 4) is 16.9 Å². The maximum atomic E-state index is 10.7. The van der Waals surface area contributed by atoms with Crippen molar-refractivity contribution in [2.24, 2.45) is 5.92 Å². The van der Waals surface area contributed by atoms with Crippen LogP contribution in [0.3, 0.4) is 0 Å². The first-order valence-corrected chi connectivity index (χ1v) is 8.07. The van der Waals surface area contributed by atoms with Gasteiger partial charge in [-0.1, -0.05) is 43.3 Å². The van der Waals surface area contributed by atoms with E-state index in [1.165, 1.54) is 12.8 Å². The molecule has 1 saturated carbocycles. The van der Waals surface area contributed by atoms with E-state index in [1.54, 1.807) is 0 Å². The Kier molecular flexibility index (Phi) is 4.57. The summed E-state index contributed by atoms with van der Waals surface area (Å²) >= 11 is 0. The predicted octanol–water partition coefficient (Wildman–Crippen LogP) is 5.12. The van der Waals surface area contributed by atoms with Gasteiger partial charge in [-0.2, -0.15) is 0 Å². The minimum absolute atomic E-state index is 0.369. The average Bonchev–Trinajstić information content (AvgIpc) is 2.58. The molecule has 0 aromatic heterocycles. The molecule has 0 bridgehead atoms. The lowest BCUT2D eigenvalue weighted by Gasteiger charge is -2.26. The molecule has 0 spiro atoms. The molecule has 2 nitrogen and oxygen atoms in total. The van der Waals surface area contributed by atoms with Crippen LogP contribution in [0.4, 0.5) is 0 Å². The van der Waals surface area contributed by atoms with Crippen molar-refractivity contribution >= 4 is 6.29 Å². The molecule has 0 N–H and O–H groups in total. The van der Waals surface area contributed by atoms with E-state index < -0.39 is 0 Å². The molecule has 0 aliphatic heterocycles. The fourth-order valence-corrected chi connectivity index (χ4v) is 3.02. The summed E-state index contributed by atoms with van der Waals surface area (Å²) in [5.41, 5.74) is 2.96. The normalized spacial score (nSPS) is 21.3. The third kappa shape index (κ3) is 3.56. The van der Waals surface area contributed by atoms with Crippen LogP contribution < -0.4 is 4.74 Å². The number of hydrogen-bond donors (Lipinski definition) is 0. The quantitative estimate of drug-likeness (QED) is 0.731. The lowest BCUT2D eigenvalue weighted by Crippen LogP contribution is -2.22. The summed E-state index contributed by atoms with van der Waals surface area (Å²) in [5.74, 6) is 1.80. The van der Waals surface area contributed by atoms with Gasteiger partial charge in [-0.05, 0) is 54.9 Å². The zero-order valence-corrected chi connectivity index (χ0v) is 13.0. The number of carbonyl (C=O) groups excluding carboxylic acids is 1. The number of benzene rings is 2. The first kappa shape index (κ1) is 14.8. The maximum Gasteiger partial charge on any atom is 0.150 e. The van der Waals surface area contributed by atoms with E-state index in [2.05, 4.69) is 19.1 Å². The second-order valence-corrected chi connectivity index (χ2v) is 6.26. The summed E-state index contributed by atoms with van der Waals surface area (Å²) < 4.78 is 6.08. The van der Waals surface area contributed by atoms with Crippen molar-refractivity contribution in [1.82, 2.24) is 0 Å². The molecule has 0 radical (unpaired) electrons. The lowest BCUT2D eigenvalue weighted by atomic mass is 9.89. The number of aldehydes is 1. The number of ether oxygens (including phenoxy) is 1. The Morgan fingerprint density at radius 3 is 1.95 bits per heavy atom. The summed E-state index contributed by atoms with van der Waals surface area (Å²) in [6.07, 6.45) is 6.10. The zero-order chi connectivity index (χ0) is 15.4. The summed E-state index contributed by atoms with van der Waals surface area (Å²) in [5, 5.41) is 0. The molecule has 0 heterocycles. The first-order chi connectivity index (χ1) is 10.7. The SMILES string of the molecule is CC1CCC(Oc2ccc(-c3ccc(C=O)cc3)cc2)CC1. The third-order valence-electron chi connectivity index (χ3n) is 4.50. The van der Waals surface area contributed by atoms with Crippen molar-refractivity contribution in [3.05, 3.63) is 54.1 Å². The average molecular weight is 294 g/mol. The minimum atomic E-state index is 0.369. The van der Waals surface area contributed by atoms with E-state index in [0.29, 0.717) is 11.7 Å². The van der Waals surface area contributed by atoms with Gasteiger partial charge in [0.1, 0.15) is 12.0 Å². The smallest absolute Gasteiger partial charge is 0.150 e. The Hall–Kier alpha value is -2.09. The highest BCUT2D eigenvalue weighted by molar-refractivity contribution is 5.76. The molecule has 0 unspecified atom stereocenters. The Morgan fingerprint density at radius 2 is 1.41 bits per heavy atom.